The lowest BCUT2D eigenvalue weighted by atomic mass is 10.0. The first kappa shape index (κ1) is 22.9. The number of benzene rings is 1. The highest BCUT2D eigenvalue weighted by atomic mass is 32.1. The fraction of sp³-hybridized carbons (Fsp3) is 0.333. The molecule has 1 fully saturated rings. The maximum Gasteiger partial charge on any atom is 0.451 e. The molecule has 3 heterocycles. The third-order valence-corrected chi connectivity index (χ3v) is 6.52. The number of Topliss-reactive ketones (excluding diaryl/α,β-unsaturated/α-hetero) is 1. The molecule has 1 aliphatic heterocycles. The van der Waals surface area contributed by atoms with E-state index in [0.717, 1.165) is 5.56 Å². The van der Waals surface area contributed by atoms with Gasteiger partial charge in [-0.05, 0) is 54.8 Å². The van der Waals surface area contributed by atoms with Gasteiger partial charge in [-0.25, -0.2) is 9.97 Å². The summed E-state index contributed by atoms with van der Waals surface area (Å²) >= 11 is 1.30. The summed E-state index contributed by atoms with van der Waals surface area (Å²) in [4.78, 5) is 22.8. The van der Waals surface area contributed by atoms with E-state index in [4.69, 9.17) is 5.26 Å². The van der Waals surface area contributed by atoms with Gasteiger partial charge in [0.05, 0.1) is 28.2 Å². The van der Waals surface area contributed by atoms with Crippen LogP contribution in [0, 0.1) is 11.3 Å². The number of ketones is 1. The lowest BCUT2D eigenvalue weighted by Gasteiger charge is -2.25. The second-order valence-corrected chi connectivity index (χ2v) is 8.84. The van der Waals surface area contributed by atoms with Crippen molar-refractivity contribution in [3.05, 3.63) is 64.8 Å². The Labute approximate surface area is 193 Å². The lowest BCUT2D eigenvalue weighted by molar-refractivity contribution is -0.144. The minimum Gasteiger partial charge on any atom is -0.346 e. The third kappa shape index (κ3) is 5.40. The van der Waals surface area contributed by atoms with Crippen molar-refractivity contribution in [3.8, 4) is 16.6 Å². The summed E-state index contributed by atoms with van der Waals surface area (Å²) in [6, 6.07) is 13.8. The zero-order valence-corrected chi connectivity index (χ0v) is 18.5. The van der Waals surface area contributed by atoms with Gasteiger partial charge in [0, 0.05) is 19.0 Å². The van der Waals surface area contributed by atoms with Crippen molar-refractivity contribution in [1.29, 1.82) is 5.26 Å². The Bertz CT molecular complexity index is 1150. The molecule has 3 aromatic rings. The average molecular weight is 471 g/mol. The predicted molar refractivity (Wildman–Crippen MR) is 120 cm³/mol. The number of rotatable bonds is 7. The Hall–Kier alpha value is -3.25. The van der Waals surface area contributed by atoms with Gasteiger partial charge in [0.15, 0.2) is 5.78 Å². The van der Waals surface area contributed by atoms with Crippen LogP contribution >= 0.6 is 11.3 Å². The number of aryl methyl sites for hydroxylation is 1. The van der Waals surface area contributed by atoms with Crippen LogP contribution in [0.15, 0.2) is 47.8 Å². The Morgan fingerprint density at radius 2 is 2.00 bits per heavy atom. The number of aromatic nitrogens is 2. The molecule has 0 saturated carbocycles. The Balaban J connectivity index is 1.49. The highest BCUT2D eigenvalue weighted by molar-refractivity contribution is 7.13. The Morgan fingerprint density at radius 1 is 1.21 bits per heavy atom. The summed E-state index contributed by atoms with van der Waals surface area (Å²) in [6.07, 6.45) is -1.72. The van der Waals surface area contributed by atoms with E-state index in [2.05, 4.69) is 16.0 Å². The van der Waals surface area contributed by atoms with Crippen LogP contribution in [0.4, 0.5) is 19.0 Å². The molecule has 1 atom stereocenters. The van der Waals surface area contributed by atoms with Crippen LogP contribution < -0.4 is 4.90 Å². The summed E-state index contributed by atoms with van der Waals surface area (Å²) in [6.45, 7) is 0.476. The molecule has 0 radical (unpaired) electrons. The second-order valence-electron chi connectivity index (χ2n) is 7.89. The molecular formula is C24H21F3N4OS. The van der Waals surface area contributed by atoms with Gasteiger partial charge < -0.3 is 4.90 Å². The van der Waals surface area contributed by atoms with Gasteiger partial charge in [-0.1, -0.05) is 18.2 Å². The molecule has 0 aliphatic carbocycles. The van der Waals surface area contributed by atoms with E-state index in [1.807, 2.05) is 12.1 Å². The molecule has 9 heteroatoms. The topological polar surface area (TPSA) is 69.9 Å². The average Bonchev–Trinajstić information content (AvgIpc) is 3.51. The maximum absolute atomic E-state index is 13.5. The first-order valence-corrected chi connectivity index (χ1v) is 11.5. The number of halogens is 3. The highest BCUT2D eigenvalue weighted by Crippen LogP contribution is 2.34. The van der Waals surface area contributed by atoms with Crippen molar-refractivity contribution in [1.82, 2.24) is 9.97 Å². The molecule has 1 saturated heterocycles. The standard InChI is InChI=1S/C24H21F3N4OS/c25-24(26,27)23-29-18(21-7-3-13-33-21)14-22(30-23)31-12-2-5-19(31)20(32)6-1-4-16-8-10-17(15-28)11-9-16/h3,7-11,13-14,19H,1-2,4-6,12H2/t19-/m0/s1. The van der Waals surface area contributed by atoms with Crippen LogP contribution in [0.1, 0.15) is 42.6 Å². The zero-order valence-electron chi connectivity index (χ0n) is 17.7. The largest absolute Gasteiger partial charge is 0.451 e. The molecular weight excluding hydrogens is 449 g/mol. The third-order valence-electron chi connectivity index (χ3n) is 5.63. The molecule has 0 amide bonds. The van der Waals surface area contributed by atoms with Gasteiger partial charge >= 0.3 is 6.18 Å². The number of nitriles is 1. The van der Waals surface area contributed by atoms with Crippen LogP contribution in [0.25, 0.3) is 10.6 Å². The number of carbonyl (C=O) groups is 1. The first-order valence-electron chi connectivity index (χ1n) is 10.6. The molecule has 1 aromatic carbocycles. The first-order chi connectivity index (χ1) is 15.8. The van der Waals surface area contributed by atoms with Crippen LogP contribution in [-0.4, -0.2) is 28.3 Å². The van der Waals surface area contributed by atoms with Crippen LogP contribution in [0.2, 0.25) is 0 Å². The highest BCUT2D eigenvalue weighted by Gasteiger charge is 2.38. The van der Waals surface area contributed by atoms with E-state index in [1.165, 1.54) is 11.3 Å². The molecule has 4 rings (SSSR count). The number of carbonyl (C=O) groups excluding carboxylic acids is 1. The number of nitrogens with zero attached hydrogens (tertiary/aromatic N) is 4. The SMILES string of the molecule is N#Cc1ccc(CCCC(=O)[C@@H]2CCCN2c2cc(-c3cccs3)nc(C(F)(F)F)n2)cc1. The molecule has 33 heavy (non-hydrogen) atoms. The van der Waals surface area contributed by atoms with Crippen molar-refractivity contribution in [3.63, 3.8) is 0 Å². The summed E-state index contributed by atoms with van der Waals surface area (Å²) in [5.41, 5.74) is 1.83. The zero-order chi connectivity index (χ0) is 23.4. The number of hydrogen-bond donors (Lipinski definition) is 0. The monoisotopic (exact) mass is 470 g/mol. The van der Waals surface area contributed by atoms with Crippen molar-refractivity contribution >= 4 is 22.9 Å². The molecule has 0 unspecified atom stereocenters. The molecule has 5 nitrogen and oxygen atoms in total. The van der Waals surface area contributed by atoms with E-state index in [0.29, 0.717) is 49.1 Å². The smallest absolute Gasteiger partial charge is 0.346 e. The second kappa shape index (κ2) is 9.71. The Kier molecular flexibility index (Phi) is 6.75. The summed E-state index contributed by atoms with van der Waals surface area (Å²) in [5.74, 6) is -1.04. The molecule has 0 bridgehead atoms. The van der Waals surface area contributed by atoms with Gasteiger partial charge in [0.1, 0.15) is 5.82 Å². The van der Waals surface area contributed by atoms with E-state index < -0.39 is 18.0 Å². The predicted octanol–water partition coefficient (Wildman–Crippen LogP) is 5.66. The molecule has 0 N–H and O–H groups in total. The van der Waals surface area contributed by atoms with Gasteiger partial charge in [-0.3, -0.25) is 4.79 Å². The quantitative estimate of drug-likeness (QED) is 0.446. The number of anilines is 1. The molecule has 0 spiro atoms. The van der Waals surface area contributed by atoms with E-state index in [9.17, 15) is 18.0 Å². The summed E-state index contributed by atoms with van der Waals surface area (Å²) < 4.78 is 40.4. The number of hydrogen-bond acceptors (Lipinski definition) is 6. The maximum atomic E-state index is 13.5. The molecule has 1 aliphatic rings. The van der Waals surface area contributed by atoms with Crippen molar-refractivity contribution < 1.29 is 18.0 Å². The fourth-order valence-corrected chi connectivity index (χ4v) is 4.70. The minimum absolute atomic E-state index is 0.00555. The van der Waals surface area contributed by atoms with Gasteiger partial charge in [-0.15, -0.1) is 11.3 Å². The Morgan fingerprint density at radius 3 is 2.67 bits per heavy atom. The van der Waals surface area contributed by atoms with E-state index >= 15 is 0 Å². The number of alkyl halides is 3. The molecule has 170 valence electrons. The van der Waals surface area contributed by atoms with Crippen LogP contribution in [0.3, 0.4) is 0 Å². The lowest BCUT2D eigenvalue weighted by Crippen LogP contribution is -2.37. The number of thiophene rings is 1. The van der Waals surface area contributed by atoms with Gasteiger partial charge in [0.25, 0.3) is 0 Å². The van der Waals surface area contributed by atoms with Crippen molar-refractivity contribution in [2.45, 2.75) is 44.3 Å². The normalized spacial score (nSPS) is 16.1. The van der Waals surface area contributed by atoms with Crippen LogP contribution in [-0.2, 0) is 17.4 Å². The van der Waals surface area contributed by atoms with E-state index in [-0.39, 0.29) is 17.3 Å². The van der Waals surface area contributed by atoms with E-state index in [1.54, 1.807) is 40.6 Å². The van der Waals surface area contributed by atoms with Crippen molar-refractivity contribution in [2.24, 2.45) is 0 Å². The van der Waals surface area contributed by atoms with Crippen LogP contribution in [0.5, 0.6) is 0 Å². The van der Waals surface area contributed by atoms with Crippen molar-refractivity contribution in [2.75, 3.05) is 11.4 Å². The fourth-order valence-electron chi connectivity index (χ4n) is 4.01. The molecule has 2 aromatic heterocycles. The van der Waals surface area contributed by atoms with Gasteiger partial charge in [0.2, 0.25) is 5.82 Å². The summed E-state index contributed by atoms with van der Waals surface area (Å²) in [7, 11) is 0. The minimum atomic E-state index is -4.68. The summed E-state index contributed by atoms with van der Waals surface area (Å²) in [5, 5.41) is 10.7. The van der Waals surface area contributed by atoms with Gasteiger partial charge in [-0.2, -0.15) is 18.4 Å².